The van der Waals surface area contributed by atoms with E-state index in [0.29, 0.717) is 23.5 Å². The van der Waals surface area contributed by atoms with Gasteiger partial charge < -0.3 is 15.4 Å². The average Bonchev–Trinajstić information content (AvgIpc) is 2.62. The zero-order chi connectivity index (χ0) is 17.2. The summed E-state index contributed by atoms with van der Waals surface area (Å²) in [4.78, 5) is 11.9. The molecule has 124 valence electrons. The van der Waals surface area contributed by atoms with Crippen LogP contribution in [0.1, 0.15) is 11.1 Å². The van der Waals surface area contributed by atoms with Gasteiger partial charge in [-0.3, -0.25) is 0 Å². The molecule has 0 saturated carbocycles. The smallest absolute Gasteiger partial charge is 0.319 e. The second kappa shape index (κ2) is 9.48. The number of nitrogens with one attached hydrogen (secondary N) is 2. The Balaban J connectivity index is 1.71. The van der Waals surface area contributed by atoms with Gasteiger partial charge in [-0.15, -0.1) is 0 Å². The summed E-state index contributed by atoms with van der Waals surface area (Å²) in [5.41, 5.74) is 2.35. The van der Waals surface area contributed by atoms with Crippen LogP contribution in [0.15, 0.2) is 48.5 Å². The summed E-state index contributed by atoms with van der Waals surface area (Å²) in [6.07, 6.45) is 0. The number of para-hydroxylation sites is 2. The summed E-state index contributed by atoms with van der Waals surface area (Å²) in [6.45, 7) is 0.542. The number of thioether (sulfide) groups is 1. The predicted molar refractivity (Wildman–Crippen MR) is 97.3 cm³/mol. The fourth-order valence-corrected chi connectivity index (χ4v) is 2.95. The Morgan fingerprint density at radius 2 is 1.96 bits per heavy atom. The number of carbonyl (C=O) groups is 1. The number of carbonyl (C=O) groups excluding carboxylic acids is 1. The predicted octanol–water partition coefficient (Wildman–Crippen LogP) is 3.62. The molecule has 0 aliphatic rings. The van der Waals surface area contributed by atoms with Crippen molar-refractivity contribution in [1.82, 2.24) is 5.32 Å². The highest BCUT2D eigenvalue weighted by atomic mass is 32.2. The van der Waals surface area contributed by atoms with Crippen molar-refractivity contribution in [3.63, 3.8) is 0 Å². The van der Waals surface area contributed by atoms with Gasteiger partial charge in [-0.25, -0.2) is 4.79 Å². The highest BCUT2D eigenvalue weighted by Gasteiger charge is 2.06. The summed E-state index contributed by atoms with van der Waals surface area (Å²) < 4.78 is 5.19. The molecule has 0 aromatic heterocycles. The molecule has 2 aromatic carbocycles. The van der Waals surface area contributed by atoms with Crippen LogP contribution in [0.4, 0.5) is 10.5 Å². The number of nitrogens with zero attached hydrogens (tertiary/aromatic N) is 1. The van der Waals surface area contributed by atoms with Crippen LogP contribution in [0, 0.1) is 11.3 Å². The van der Waals surface area contributed by atoms with E-state index < -0.39 is 0 Å². The lowest BCUT2D eigenvalue weighted by atomic mass is 10.1. The number of methoxy groups -OCH3 is 1. The van der Waals surface area contributed by atoms with E-state index in [2.05, 4.69) is 16.7 Å². The molecule has 0 bridgehead atoms. The number of amides is 2. The molecule has 0 atom stereocenters. The second-order valence-corrected chi connectivity index (χ2v) is 6.01. The lowest BCUT2D eigenvalue weighted by molar-refractivity contribution is 0.252. The number of anilines is 1. The van der Waals surface area contributed by atoms with Crippen LogP contribution in [0.25, 0.3) is 0 Å². The zero-order valence-corrected chi connectivity index (χ0v) is 14.2. The molecule has 2 N–H and O–H groups in total. The summed E-state index contributed by atoms with van der Waals surface area (Å²) in [6, 6.07) is 16.7. The van der Waals surface area contributed by atoms with Crippen molar-refractivity contribution in [3.8, 4) is 11.8 Å². The van der Waals surface area contributed by atoms with E-state index in [1.54, 1.807) is 31.0 Å². The fraction of sp³-hybridized carbons (Fsp3) is 0.222. The third kappa shape index (κ3) is 5.21. The fourth-order valence-electron chi connectivity index (χ4n) is 2.09. The Hall–Kier alpha value is -2.65. The van der Waals surface area contributed by atoms with E-state index in [1.165, 1.54) is 0 Å². The minimum absolute atomic E-state index is 0.266. The molecule has 0 fully saturated rings. The lowest BCUT2D eigenvalue weighted by Gasteiger charge is -2.11. The van der Waals surface area contributed by atoms with E-state index in [4.69, 9.17) is 10.00 Å². The van der Waals surface area contributed by atoms with Crippen LogP contribution in [-0.4, -0.2) is 25.4 Å². The minimum atomic E-state index is -0.266. The van der Waals surface area contributed by atoms with Gasteiger partial charge in [0.25, 0.3) is 0 Å². The molecular formula is C18H19N3O2S. The summed E-state index contributed by atoms with van der Waals surface area (Å²) >= 11 is 1.67. The third-order valence-corrected chi connectivity index (χ3v) is 4.29. The molecule has 0 radical (unpaired) electrons. The van der Waals surface area contributed by atoms with Gasteiger partial charge in [0.15, 0.2) is 0 Å². The number of urea groups is 1. The zero-order valence-electron chi connectivity index (χ0n) is 13.4. The Morgan fingerprint density at radius 1 is 1.21 bits per heavy atom. The molecule has 0 aliphatic carbocycles. The van der Waals surface area contributed by atoms with Crippen molar-refractivity contribution in [2.45, 2.75) is 5.75 Å². The lowest BCUT2D eigenvalue weighted by Crippen LogP contribution is -2.30. The second-order valence-electron chi connectivity index (χ2n) is 4.90. The van der Waals surface area contributed by atoms with Gasteiger partial charge in [-0.05, 0) is 23.8 Å². The Labute approximate surface area is 146 Å². The van der Waals surface area contributed by atoms with Crippen molar-refractivity contribution in [1.29, 1.82) is 5.26 Å². The SMILES string of the molecule is COc1ccccc1NC(=O)NCCSCc1ccccc1C#N. The Kier molecular flexibility index (Phi) is 6.99. The standard InChI is InChI=1S/C18H19N3O2S/c1-23-17-9-5-4-8-16(17)21-18(22)20-10-11-24-13-15-7-3-2-6-14(15)12-19/h2-9H,10-11,13H2,1H3,(H2,20,21,22). The number of nitriles is 1. The highest BCUT2D eigenvalue weighted by molar-refractivity contribution is 7.98. The molecule has 2 rings (SSSR count). The van der Waals surface area contributed by atoms with E-state index in [1.807, 2.05) is 36.4 Å². The average molecular weight is 341 g/mol. The van der Waals surface area contributed by atoms with E-state index in [9.17, 15) is 4.79 Å². The largest absolute Gasteiger partial charge is 0.495 e. The maximum atomic E-state index is 11.9. The first kappa shape index (κ1) is 17.7. The molecule has 24 heavy (non-hydrogen) atoms. The molecule has 0 spiro atoms. The van der Waals surface area contributed by atoms with Crippen molar-refractivity contribution in [3.05, 3.63) is 59.7 Å². The maximum Gasteiger partial charge on any atom is 0.319 e. The van der Waals surface area contributed by atoms with Crippen LogP contribution in [0.2, 0.25) is 0 Å². The molecule has 2 aromatic rings. The summed E-state index contributed by atoms with van der Waals surface area (Å²) in [5, 5.41) is 14.6. The van der Waals surface area contributed by atoms with Gasteiger partial charge in [0, 0.05) is 18.1 Å². The van der Waals surface area contributed by atoms with Crippen LogP contribution < -0.4 is 15.4 Å². The molecule has 6 heteroatoms. The van der Waals surface area contributed by atoms with Gasteiger partial charge in [0.05, 0.1) is 24.4 Å². The van der Waals surface area contributed by atoms with Gasteiger partial charge >= 0.3 is 6.03 Å². The molecule has 0 heterocycles. The van der Waals surface area contributed by atoms with Crippen molar-refractivity contribution >= 4 is 23.5 Å². The molecule has 0 unspecified atom stereocenters. The first-order valence-electron chi connectivity index (χ1n) is 7.48. The molecule has 5 nitrogen and oxygen atoms in total. The highest BCUT2D eigenvalue weighted by Crippen LogP contribution is 2.22. The minimum Gasteiger partial charge on any atom is -0.495 e. The third-order valence-electron chi connectivity index (χ3n) is 3.28. The van der Waals surface area contributed by atoms with Crippen LogP contribution in [0.3, 0.4) is 0 Å². The van der Waals surface area contributed by atoms with Crippen molar-refractivity contribution in [2.75, 3.05) is 24.7 Å². The quantitative estimate of drug-likeness (QED) is 0.754. The van der Waals surface area contributed by atoms with E-state index in [-0.39, 0.29) is 6.03 Å². The molecule has 0 saturated heterocycles. The van der Waals surface area contributed by atoms with Crippen molar-refractivity contribution < 1.29 is 9.53 Å². The monoisotopic (exact) mass is 341 g/mol. The Morgan fingerprint density at radius 3 is 2.75 bits per heavy atom. The topological polar surface area (TPSA) is 74.2 Å². The van der Waals surface area contributed by atoms with Crippen LogP contribution in [0.5, 0.6) is 5.75 Å². The maximum absolute atomic E-state index is 11.9. The van der Waals surface area contributed by atoms with Crippen LogP contribution in [-0.2, 0) is 5.75 Å². The van der Waals surface area contributed by atoms with Gasteiger partial charge in [0.1, 0.15) is 5.75 Å². The number of benzene rings is 2. The first-order chi connectivity index (χ1) is 11.7. The number of rotatable bonds is 7. The summed E-state index contributed by atoms with van der Waals surface area (Å²) in [7, 11) is 1.56. The molecule has 2 amide bonds. The van der Waals surface area contributed by atoms with Crippen molar-refractivity contribution in [2.24, 2.45) is 0 Å². The van der Waals surface area contributed by atoms with Gasteiger partial charge in [0.2, 0.25) is 0 Å². The van der Waals surface area contributed by atoms with E-state index in [0.717, 1.165) is 17.1 Å². The first-order valence-corrected chi connectivity index (χ1v) is 8.63. The summed E-state index contributed by atoms with van der Waals surface area (Å²) in [5.74, 6) is 2.13. The number of hydrogen-bond donors (Lipinski definition) is 2. The Bertz CT molecular complexity index is 728. The molecule has 0 aliphatic heterocycles. The number of ether oxygens (including phenoxy) is 1. The van der Waals surface area contributed by atoms with Gasteiger partial charge in [-0.2, -0.15) is 17.0 Å². The van der Waals surface area contributed by atoms with Gasteiger partial charge in [-0.1, -0.05) is 30.3 Å². The molecular weight excluding hydrogens is 322 g/mol. The van der Waals surface area contributed by atoms with E-state index >= 15 is 0 Å². The van der Waals surface area contributed by atoms with Crippen LogP contribution >= 0.6 is 11.8 Å². The normalized spacial score (nSPS) is 9.83. The number of hydrogen-bond acceptors (Lipinski definition) is 4.